The molecule has 0 fully saturated rings. The Bertz CT molecular complexity index is 5820. The zero-order chi connectivity index (χ0) is 69.6. The Balaban J connectivity index is 0.866. The van der Waals surface area contributed by atoms with Crippen LogP contribution in [0, 0.1) is 71.1 Å². The van der Waals surface area contributed by atoms with Crippen molar-refractivity contribution >= 4 is 43.6 Å². The third kappa shape index (κ3) is 11.5. The van der Waals surface area contributed by atoms with Gasteiger partial charge in [0.2, 0.25) is 0 Å². The minimum atomic E-state index is -5.06. The van der Waals surface area contributed by atoms with E-state index < -0.39 is 23.5 Å². The maximum absolute atomic E-state index is 14.3. The fourth-order valence-electron chi connectivity index (χ4n) is 14.5. The van der Waals surface area contributed by atoms with Gasteiger partial charge in [-0.25, -0.2) is 29.9 Å². The van der Waals surface area contributed by atoms with Crippen LogP contribution in [0.4, 0.5) is 26.3 Å². The second-order valence-corrected chi connectivity index (χ2v) is 25.5. The maximum Gasteiger partial charge on any atom is 0.416 e. The summed E-state index contributed by atoms with van der Waals surface area (Å²) in [6.07, 6.45) is -9.80. The summed E-state index contributed by atoms with van der Waals surface area (Å²) in [4.78, 5) is 29.2. The van der Waals surface area contributed by atoms with Crippen LogP contribution in [0.25, 0.3) is 134 Å². The summed E-state index contributed by atoms with van der Waals surface area (Å²) in [7, 11) is 0. The van der Waals surface area contributed by atoms with Gasteiger partial charge in [0.1, 0.15) is 23.8 Å². The lowest BCUT2D eigenvalue weighted by molar-refractivity contribution is -0.143. The Labute approximate surface area is 571 Å². The van der Waals surface area contributed by atoms with Gasteiger partial charge in [-0.3, -0.25) is 0 Å². The van der Waals surface area contributed by atoms with E-state index in [1.54, 1.807) is 26.0 Å². The first-order valence-corrected chi connectivity index (χ1v) is 32.4. The van der Waals surface area contributed by atoms with Crippen molar-refractivity contribution in [3.8, 4) is 102 Å². The largest absolute Gasteiger partial charge is 0.416 e. The highest BCUT2D eigenvalue weighted by Crippen LogP contribution is 2.45. The number of halogens is 6. The van der Waals surface area contributed by atoms with Crippen LogP contribution in [0.2, 0.25) is 0 Å². The van der Waals surface area contributed by atoms with Crippen molar-refractivity contribution in [3.63, 3.8) is 0 Å². The van der Waals surface area contributed by atoms with Crippen LogP contribution in [0.3, 0.4) is 0 Å². The minimum Gasteiger partial charge on any atom is -0.308 e. The number of alkyl halides is 6. The summed E-state index contributed by atoms with van der Waals surface area (Å²) >= 11 is 0. The van der Waals surface area contributed by atoms with Crippen molar-refractivity contribution in [3.05, 3.63) is 285 Å². The summed E-state index contributed by atoms with van der Waals surface area (Å²) in [5.74, 6) is 2.75. The van der Waals surface area contributed by atoms with Gasteiger partial charge < -0.3 is 9.13 Å². The van der Waals surface area contributed by atoms with E-state index in [2.05, 4.69) is 117 Å². The maximum atomic E-state index is 14.3. The monoisotopic (exact) mass is 1320 g/mol. The normalized spacial score (nSPS) is 11.9. The second-order valence-electron chi connectivity index (χ2n) is 25.5. The van der Waals surface area contributed by atoms with Gasteiger partial charge in [0.05, 0.1) is 55.7 Å². The Morgan fingerprint density at radius 2 is 0.820 bits per heavy atom. The van der Waals surface area contributed by atoms with E-state index in [-0.39, 0.29) is 22.8 Å². The van der Waals surface area contributed by atoms with E-state index in [9.17, 15) is 36.9 Å². The Hall–Kier alpha value is -12.4. The fourth-order valence-corrected chi connectivity index (χ4v) is 14.5. The highest BCUT2D eigenvalue weighted by molar-refractivity contribution is 6.13. The van der Waals surface area contributed by atoms with Gasteiger partial charge in [-0.15, -0.1) is 0 Å². The average Bonchev–Trinajstić information content (AvgIpc) is 1.57. The first-order valence-electron chi connectivity index (χ1n) is 32.4. The summed E-state index contributed by atoms with van der Waals surface area (Å²) < 4.78 is 89.6. The summed E-state index contributed by atoms with van der Waals surface area (Å²) in [6.45, 7) is 14.1. The molecule has 15 aromatic rings. The quantitative estimate of drug-likeness (QED) is 0.117. The van der Waals surface area contributed by atoms with Crippen LogP contribution in [0.15, 0.2) is 212 Å². The molecule has 4 heterocycles. The van der Waals surface area contributed by atoms with Crippen molar-refractivity contribution in [1.29, 1.82) is 10.5 Å². The van der Waals surface area contributed by atoms with Crippen LogP contribution in [0.5, 0.6) is 0 Å². The number of rotatable bonds is 11. The lowest BCUT2D eigenvalue weighted by Crippen LogP contribution is -2.11. The number of fused-ring (bicyclic) bond motifs is 6. The number of hydrogen-bond donors (Lipinski definition) is 0. The van der Waals surface area contributed by atoms with Gasteiger partial charge in [-0.2, -0.15) is 36.9 Å². The van der Waals surface area contributed by atoms with Crippen LogP contribution in [0.1, 0.15) is 72.8 Å². The average molecular weight is 1320 g/mol. The van der Waals surface area contributed by atoms with Crippen LogP contribution in [-0.2, 0) is 18.8 Å². The molecule has 16 heteroatoms. The lowest BCUT2D eigenvalue weighted by atomic mass is 9.89. The highest BCUT2D eigenvalue weighted by atomic mass is 19.4. The third-order valence-electron chi connectivity index (χ3n) is 18.6. The van der Waals surface area contributed by atoms with Crippen LogP contribution in [-0.4, -0.2) is 39.0 Å². The molecule has 0 aliphatic heterocycles. The van der Waals surface area contributed by atoms with E-state index in [0.29, 0.717) is 85.9 Å². The number of hydrogen-bond acceptors (Lipinski definition) is 8. The number of aromatic nitrogens is 8. The number of para-hydroxylation sites is 1. The van der Waals surface area contributed by atoms with Gasteiger partial charge in [-0.1, -0.05) is 133 Å². The van der Waals surface area contributed by atoms with Crippen molar-refractivity contribution in [1.82, 2.24) is 39.0 Å². The van der Waals surface area contributed by atoms with Crippen molar-refractivity contribution in [2.45, 2.75) is 67.2 Å². The zero-order valence-electron chi connectivity index (χ0n) is 55.2. The molecule has 11 aromatic carbocycles. The summed E-state index contributed by atoms with van der Waals surface area (Å²) in [5.41, 5.74) is 15.8. The molecular weight excluding hydrogens is 1260 g/mol. The van der Waals surface area contributed by atoms with Gasteiger partial charge in [0.25, 0.3) is 0 Å². The molecule has 0 atom stereocenters. The SMILES string of the molecule is Cc1cc(C)c(-c2ccc3c(c2)c2cc(-c4c(C)cc(Cc5cc(C#N)c(-n6c7ccccc7c7ccc(-c8cc(C(F)(F)F)cc(C(F)(F)F)c8)cc76)cc5-c5nc(C)nc(C)n5)cc4C)ccc2n3-c2cc(-c3nc(-c4ccccc4)nc(-c4ccccc4)n3)ccc2C#N)c(C)c1. The van der Waals surface area contributed by atoms with E-state index in [4.69, 9.17) is 24.9 Å². The number of nitrogens with zero attached hydrogens (tertiary/aromatic N) is 10. The molecule has 0 radical (unpaired) electrons. The van der Waals surface area contributed by atoms with Crippen LogP contribution < -0.4 is 0 Å². The van der Waals surface area contributed by atoms with E-state index >= 15 is 0 Å². The van der Waals surface area contributed by atoms with E-state index in [1.807, 2.05) is 120 Å². The van der Waals surface area contributed by atoms with Crippen LogP contribution >= 0.6 is 0 Å². The number of benzene rings is 11. The smallest absolute Gasteiger partial charge is 0.308 e. The molecule has 0 amide bonds. The standard InChI is InChI=1S/C84H58F6N10/c1-46-30-47(2)77(48(3)31-46)57-25-28-72-69(38-57)70-39-58(26-29-73(70)99(72)74-41-59(22-23-60(74)44-91)81-97-79(54-16-10-8-11-17-54)96-80(98-81)55-18-12-9-13-19-55)78-49(4)32-53(33-50(78)5)34-62-35-63(45-92)75(43-68(62)82-94-51(6)93-52(7)95-82)100-71-21-15-14-20-66(71)67-27-24-56(40-76(67)100)61-36-64(83(85,86)87)42-65(37-61)84(88,89)90/h8-33,35-43H,34H2,1-7H3. The molecule has 486 valence electrons. The second kappa shape index (κ2) is 24.6. The molecule has 0 spiro atoms. The topological polar surface area (TPSA) is 135 Å². The van der Waals surface area contributed by atoms with E-state index in [0.717, 1.165) is 106 Å². The molecule has 0 saturated carbocycles. The Morgan fingerprint density at radius 1 is 0.350 bits per heavy atom. The highest BCUT2D eigenvalue weighted by Gasteiger charge is 2.37. The van der Waals surface area contributed by atoms with Gasteiger partial charge in [0.15, 0.2) is 23.3 Å². The minimum absolute atomic E-state index is 0.106. The van der Waals surface area contributed by atoms with E-state index in [1.165, 1.54) is 11.6 Å². The molecular formula is C84H58F6N10. The summed E-state index contributed by atoms with van der Waals surface area (Å²) in [5, 5.41) is 25.6. The van der Waals surface area contributed by atoms with Crippen molar-refractivity contribution in [2.75, 3.05) is 0 Å². The number of nitriles is 2. The summed E-state index contributed by atoms with van der Waals surface area (Å²) in [6, 6.07) is 69.4. The molecule has 10 nitrogen and oxygen atoms in total. The fraction of sp³-hybridized carbons (Fsp3) is 0.119. The predicted molar refractivity (Wildman–Crippen MR) is 382 cm³/mol. The van der Waals surface area contributed by atoms with Gasteiger partial charge >= 0.3 is 12.4 Å². The number of aryl methyl sites for hydroxylation is 7. The first kappa shape index (κ1) is 63.6. The Kier molecular flexibility index (Phi) is 15.7. The molecule has 100 heavy (non-hydrogen) atoms. The third-order valence-corrected chi connectivity index (χ3v) is 18.6. The molecule has 0 N–H and O–H groups in total. The van der Waals surface area contributed by atoms with Gasteiger partial charge in [0, 0.05) is 43.8 Å². The molecule has 0 unspecified atom stereocenters. The Morgan fingerprint density at radius 3 is 1.37 bits per heavy atom. The van der Waals surface area contributed by atoms with Crippen molar-refractivity contribution < 1.29 is 26.3 Å². The molecule has 0 aliphatic carbocycles. The lowest BCUT2D eigenvalue weighted by Gasteiger charge is -2.18. The zero-order valence-corrected chi connectivity index (χ0v) is 55.2. The molecule has 0 bridgehead atoms. The molecule has 0 aliphatic rings. The molecule has 0 saturated heterocycles. The first-order chi connectivity index (χ1) is 48.1. The van der Waals surface area contributed by atoms with Gasteiger partial charge in [-0.05, 0) is 207 Å². The predicted octanol–water partition coefficient (Wildman–Crippen LogP) is 21.5. The molecule has 4 aromatic heterocycles. The molecule has 15 rings (SSSR count). The van der Waals surface area contributed by atoms with Crippen molar-refractivity contribution in [2.24, 2.45) is 0 Å².